The van der Waals surface area contributed by atoms with Crippen molar-refractivity contribution in [2.24, 2.45) is 0 Å². The van der Waals surface area contributed by atoms with Crippen molar-refractivity contribution in [3.8, 4) is 0 Å². The summed E-state index contributed by atoms with van der Waals surface area (Å²) in [5, 5.41) is 1.78. The van der Waals surface area contributed by atoms with Gasteiger partial charge >= 0.3 is 12.1 Å². The molecule has 0 unspecified atom stereocenters. The van der Waals surface area contributed by atoms with E-state index >= 15 is 0 Å². The molecule has 25 heavy (non-hydrogen) atoms. The molecule has 0 saturated heterocycles. The first kappa shape index (κ1) is 21.0. The number of carbonyl (C=O) groups is 3. The summed E-state index contributed by atoms with van der Waals surface area (Å²) in [4.78, 5) is 37.7. The summed E-state index contributed by atoms with van der Waals surface area (Å²) in [5.74, 6) is -3.66. The molecular formula is C16H23F3N2O4. The number of rotatable bonds is 6. The zero-order valence-corrected chi connectivity index (χ0v) is 14.9. The molecule has 1 aliphatic heterocycles. The van der Waals surface area contributed by atoms with Gasteiger partial charge in [-0.05, 0) is 27.2 Å². The molecular weight excluding hydrogens is 341 g/mol. The second-order valence-corrected chi connectivity index (χ2v) is 6.12. The van der Waals surface area contributed by atoms with Gasteiger partial charge in [0.1, 0.15) is 5.57 Å². The third-order valence-corrected chi connectivity index (χ3v) is 4.05. The number of esters is 1. The first-order valence-corrected chi connectivity index (χ1v) is 7.96. The smallest absolute Gasteiger partial charge is 0.425 e. The molecule has 0 aliphatic carbocycles. The highest BCUT2D eigenvalue weighted by Crippen LogP contribution is 2.45. The molecule has 2 amide bonds. The van der Waals surface area contributed by atoms with E-state index in [1.165, 1.54) is 20.8 Å². The van der Waals surface area contributed by atoms with Crippen molar-refractivity contribution in [2.75, 3.05) is 7.11 Å². The van der Waals surface area contributed by atoms with Crippen molar-refractivity contribution >= 4 is 17.8 Å². The SMILES string of the molecule is CCCCC(=O)N[C@]1(C(F)(F)F)C(=O)N(C(C)C)C(C)=C1C(=O)OC. The number of ether oxygens (including phenoxy) is 1. The quantitative estimate of drug-likeness (QED) is 0.734. The molecule has 0 aromatic carbocycles. The van der Waals surface area contributed by atoms with Gasteiger partial charge in [-0.3, -0.25) is 9.59 Å². The van der Waals surface area contributed by atoms with Crippen LogP contribution in [0, 0.1) is 0 Å². The fourth-order valence-corrected chi connectivity index (χ4v) is 2.92. The molecule has 0 radical (unpaired) electrons. The molecule has 0 aromatic rings. The number of alkyl halides is 3. The van der Waals surface area contributed by atoms with Crippen molar-refractivity contribution < 1.29 is 32.3 Å². The van der Waals surface area contributed by atoms with Crippen molar-refractivity contribution in [3.63, 3.8) is 0 Å². The molecule has 0 aromatic heterocycles. The van der Waals surface area contributed by atoms with E-state index in [2.05, 4.69) is 4.74 Å². The normalized spacial score (nSPS) is 21.2. The van der Waals surface area contributed by atoms with Gasteiger partial charge in [-0.25, -0.2) is 4.79 Å². The molecule has 142 valence electrons. The Labute approximate surface area is 144 Å². The summed E-state index contributed by atoms with van der Waals surface area (Å²) >= 11 is 0. The third-order valence-electron chi connectivity index (χ3n) is 4.05. The Kier molecular flexibility index (Phi) is 6.25. The maximum absolute atomic E-state index is 14.0. The highest BCUT2D eigenvalue weighted by atomic mass is 19.4. The van der Waals surface area contributed by atoms with E-state index in [1.807, 2.05) is 0 Å². The van der Waals surface area contributed by atoms with E-state index in [1.54, 1.807) is 12.2 Å². The number of halogens is 3. The Morgan fingerprint density at radius 1 is 1.32 bits per heavy atom. The first-order valence-electron chi connectivity index (χ1n) is 7.96. The van der Waals surface area contributed by atoms with Crippen molar-refractivity contribution in [2.45, 2.75) is 64.7 Å². The van der Waals surface area contributed by atoms with Crippen LogP contribution in [-0.4, -0.2) is 47.6 Å². The molecule has 1 atom stereocenters. The Hall–Kier alpha value is -2.06. The summed E-state index contributed by atoms with van der Waals surface area (Å²) < 4.78 is 46.5. The van der Waals surface area contributed by atoms with E-state index in [0.29, 0.717) is 12.8 Å². The number of methoxy groups -OCH3 is 1. The number of hydrogen-bond donors (Lipinski definition) is 1. The standard InChI is InChI=1S/C16H23F3N2O4/c1-6-7-8-11(22)20-15(16(17,18)19)12(13(23)25-5)10(4)21(9(2)3)14(15)24/h9H,6-8H2,1-5H3,(H,20,22)/t15-/m0/s1. The molecule has 9 heteroatoms. The molecule has 0 spiro atoms. The van der Waals surface area contributed by atoms with Crippen LogP contribution in [-0.2, 0) is 19.1 Å². The molecule has 0 fully saturated rings. The zero-order valence-electron chi connectivity index (χ0n) is 14.9. The van der Waals surface area contributed by atoms with Gasteiger partial charge in [-0.15, -0.1) is 0 Å². The Bertz CT molecular complexity index is 599. The summed E-state index contributed by atoms with van der Waals surface area (Å²) in [7, 11) is 0.922. The van der Waals surface area contributed by atoms with Gasteiger partial charge in [0.25, 0.3) is 5.91 Å². The van der Waals surface area contributed by atoms with Crippen molar-refractivity contribution in [3.05, 3.63) is 11.3 Å². The molecule has 1 N–H and O–H groups in total. The molecule has 6 nitrogen and oxygen atoms in total. The number of allylic oxidation sites excluding steroid dienone is 1. The van der Waals surface area contributed by atoms with Crippen LogP contribution in [0.15, 0.2) is 11.3 Å². The second-order valence-electron chi connectivity index (χ2n) is 6.12. The van der Waals surface area contributed by atoms with Crippen LogP contribution in [0.5, 0.6) is 0 Å². The predicted octanol–water partition coefficient (Wildman–Crippen LogP) is 2.29. The highest BCUT2D eigenvalue weighted by molar-refractivity contribution is 6.10. The van der Waals surface area contributed by atoms with Crippen molar-refractivity contribution in [1.29, 1.82) is 0 Å². The summed E-state index contributed by atoms with van der Waals surface area (Å²) in [5.41, 5.74) is -4.51. The second kappa shape index (κ2) is 7.45. The Balaban J connectivity index is 3.58. The zero-order chi connectivity index (χ0) is 19.6. The van der Waals surface area contributed by atoms with E-state index in [9.17, 15) is 27.6 Å². The fourth-order valence-electron chi connectivity index (χ4n) is 2.92. The topological polar surface area (TPSA) is 75.7 Å². The van der Waals surface area contributed by atoms with Crippen LogP contribution in [0.1, 0.15) is 47.0 Å². The van der Waals surface area contributed by atoms with Crippen LogP contribution < -0.4 is 5.32 Å². The minimum absolute atomic E-state index is 0.181. The van der Waals surface area contributed by atoms with E-state index in [0.717, 1.165) is 12.0 Å². The third kappa shape index (κ3) is 3.50. The minimum Gasteiger partial charge on any atom is -0.466 e. The Morgan fingerprint density at radius 3 is 2.28 bits per heavy atom. The number of unbranched alkanes of at least 4 members (excludes halogenated alkanes) is 1. The van der Waals surface area contributed by atoms with E-state index in [-0.39, 0.29) is 12.1 Å². The highest BCUT2D eigenvalue weighted by Gasteiger charge is 2.71. The summed E-state index contributed by atoms with van der Waals surface area (Å²) in [6.07, 6.45) is -4.44. The van der Waals surface area contributed by atoms with Gasteiger partial charge in [0.2, 0.25) is 11.4 Å². The Morgan fingerprint density at radius 2 is 1.88 bits per heavy atom. The minimum atomic E-state index is -5.21. The maximum Gasteiger partial charge on any atom is 0.425 e. The predicted molar refractivity (Wildman–Crippen MR) is 83.2 cm³/mol. The molecule has 1 aliphatic rings. The molecule has 1 heterocycles. The van der Waals surface area contributed by atoms with Crippen LogP contribution >= 0.6 is 0 Å². The maximum atomic E-state index is 14.0. The monoisotopic (exact) mass is 364 g/mol. The number of nitrogens with one attached hydrogen (secondary N) is 1. The largest absolute Gasteiger partial charge is 0.466 e. The lowest BCUT2D eigenvalue weighted by molar-refractivity contribution is -0.196. The van der Waals surface area contributed by atoms with Gasteiger partial charge in [0.05, 0.1) is 7.11 Å². The van der Waals surface area contributed by atoms with Gasteiger partial charge in [0.15, 0.2) is 0 Å². The fraction of sp³-hybridized carbons (Fsp3) is 0.688. The van der Waals surface area contributed by atoms with Crippen LogP contribution in [0.3, 0.4) is 0 Å². The lowest BCUT2D eigenvalue weighted by Crippen LogP contribution is -2.66. The lowest BCUT2D eigenvalue weighted by Gasteiger charge is -2.33. The number of hydrogen-bond acceptors (Lipinski definition) is 4. The van der Waals surface area contributed by atoms with Gasteiger partial charge in [-0.2, -0.15) is 13.2 Å². The van der Waals surface area contributed by atoms with E-state index < -0.39 is 41.1 Å². The first-order chi connectivity index (χ1) is 11.5. The van der Waals surface area contributed by atoms with Gasteiger partial charge in [-0.1, -0.05) is 13.3 Å². The van der Waals surface area contributed by atoms with Gasteiger partial charge < -0.3 is 15.0 Å². The molecule has 1 rings (SSSR count). The lowest BCUT2D eigenvalue weighted by atomic mass is 9.89. The molecule has 0 saturated carbocycles. The van der Waals surface area contributed by atoms with E-state index in [4.69, 9.17) is 0 Å². The van der Waals surface area contributed by atoms with Gasteiger partial charge in [0, 0.05) is 18.2 Å². The van der Waals surface area contributed by atoms with Crippen LogP contribution in [0.2, 0.25) is 0 Å². The van der Waals surface area contributed by atoms with Crippen molar-refractivity contribution in [1.82, 2.24) is 10.2 Å². The number of nitrogens with zero attached hydrogens (tertiary/aromatic N) is 1. The number of carbonyl (C=O) groups excluding carboxylic acids is 3. The van der Waals surface area contributed by atoms with Crippen LogP contribution in [0.4, 0.5) is 13.2 Å². The van der Waals surface area contributed by atoms with Crippen LogP contribution in [0.25, 0.3) is 0 Å². The average Bonchev–Trinajstić information content (AvgIpc) is 2.72. The summed E-state index contributed by atoms with van der Waals surface area (Å²) in [6, 6.07) is -0.635. The number of amides is 2. The molecule has 0 bridgehead atoms. The average molecular weight is 364 g/mol. The summed E-state index contributed by atoms with van der Waals surface area (Å²) in [6.45, 7) is 6.04.